The molecule has 0 radical (unpaired) electrons. The van der Waals surface area contributed by atoms with E-state index in [2.05, 4.69) is 58.9 Å². The Labute approximate surface area is 133 Å². The summed E-state index contributed by atoms with van der Waals surface area (Å²) in [6, 6.07) is 9.33. The molecule has 2 N–H and O–H groups in total. The van der Waals surface area contributed by atoms with Crippen LogP contribution in [0.5, 0.6) is 0 Å². The van der Waals surface area contributed by atoms with Crippen LogP contribution in [0.4, 0.5) is 0 Å². The highest BCUT2D eigenvalue weighted by Crippen LogP contribution is 2.36. The third kappa shape index (κ3) is 2.12. The summed E-state index contributed by atoms with van der Waals surface area (Å²) in [7, 11) is 0. The predicted octanol–water partition coefficient (Wildman–Crippen LogP) is 5.25. The van der Waals surface area contributed by atoms with Gasteiger partial charge in [-0.3, -0.25) is 0 Å². The number of benzene rings is 3. The van der Waals surface area contributed by atoms with Crippen LogP contribution in [0.2, 0.25) is 0 Å². The summed E-state index contributed by atoms with van der Waals surface area (Å²) >= 11 is 0. The van der Waals surface area contributed by atoms with Crippen molar-refractivity contribution in [1.29, 1.82) is 0 Å². The van der Waals surface area contributed by atoms with E-state index >= 15 is 0 Å². The Morgan fingerprint density at radius 3 is 1.23 bits per heavy atom. The normalized spacial score (nSPS) is 11.5. The minimum Gasteiger partial charge on any atom is -0.326 e. The van der Waals surface area contributed by atoms with Gasteiger partial charge in [-0.25, -0.2) is 0 Å². The van der Waals surface area contributed by atoms with E-state index in [9.17, 15) is 0 Å². The predicted molar refractivity (Wildman–Crippen MR) is 97.7 cm³/mol. The van der Waals surface area contributed by atoms with Crippen LogP contribution in [0.25, 0.3) is 21.5 Å². The summed E-state index contributed by atoms with van der Waals surface area (Å²) in [4.78, 5) is 0. The van der Waals surface area contributed by atoms with E-state index in [1.807, 2.05) is 0 Å². The quantitative estimate of drug-likeness (QED) is 0.641. The highest BCUT2D eigenvalue weighted by Gasteiger charge is 2.14. The van der Waals surface area contributed by atoms with Gasteiger partial charge in [-0.1, -0.05) is 31.2 Å². The molecule has 0 saturated heterocycles. The van der Waals surface area contributed by atoms with Crippen molar-refractivity contribution < 1.29 is 0 Å². The molecular weight excluding hydrogens is 266 g/mol. The van der Waals surface area contributed by atoms with Gasteiger partial charge in [-0.15, -0.1) is 0 Å². The maximum atomic E-state index is 6.15. The molecule has 22 heavy (non-hydrogen) atoms. The third-order valence-corrected chi connectivity index (χ3v) is 5.13. The summed E-state index contributed by atoms with van der Waals surface area (Å²) in [6.07, 6.45) is 1.04. The second kappa shape index (κ2) is 5.40. The molecule has 114 valence electrons. The van der Waals surface area contributed by atoms with E-state index in [1.54, 1.807) is 0 Å². The molecule has 0 fully saturated rings. The molecule has 0 aliphatic rings. The minimum atomic E-state index is 0.585. The van der Waals surface area contributed by atoms with Gasteiger partial charge in [0.05, 0.1) is 0 Å². The summed E-state index contributed by atoms with van der Waals surface area (Å²) in [5.74, 6) is 0. The van der Waals surface area contributed by atoms with Gasteiger partial charge in [0.1, 0.15) is 0 Å². The van der Waals surface area contributed by atoms with Gasteiger partial charge >= 0.3 is 0 Å². The third-order valence-electron chi connectivity index (χ3n) is 5.13. The molecule has 3 rings (SSSR count). The molecule has 3 aromatic carbocycles. The molecule has 0 atom stereocenters. The lowest BCUT2D eigenvalue weighted by Crippen LogP contribution is -2.03. The van der Waals surface area contributed by atoms with E-state index < -0.39 is 0 Å². The van der Waals surface area contributed by atoms with Crippen LogP contribution in [-0.2, 0) is 13.0 Å². The summed E-state index contributed by atoms with van der Waals surface area (Å²) in [5.41, 5.74) is 14.3. The topological polar surface area (TPSA) is 26.0 Å². The second-order valence-electron chi connectivity index (χ2n) is 6.48. The summed E-state index contributed by atoms with van der Waals surface area (Å²) in [6.45, 7) is 11.6. The highest BCUT2D eigenvalue weighted by molar-refractivity contribution is 6.06. The Kier molecular flexibility index (Phi) is 3.70. The molecule has 0 bridgehead atoms. The molecule has 0 unspecified atom stereocenters. The van der Waals surface area contributed by atoms with Crippen LogP contribution < -0.4 is 5.73 Å². The maximum Gasteiger partial charge on any atom is 0.0190 e. The van der Waals surface area contributed by atoms with Gasteiger partial charge in [0.2, 0.25) is 0 Å². The first-order chi connectivity index (χ1) is 10.5. The first kappa shape index (κ1) is 15.1. The number of hydrogen-bond donors (Lipinski definition) is 1. The molecule has 1 heteroatoms. The standard InChI is InChI=1S/C21H25N/c1-6-16-17-7-12(2)14(4)9-19(17)21(11-22)20-10-15(5)13(3)8-18(16)20/h7-10H,6,11,22H2,1-5H3. The Balaban J connectivity index is 2.63. The fourth-order valence-electron chi connectivity index (χ4n) is 3.52. The van der Waals surface area contributed by atoms with Gasteiger partial charge in [-0.05, 0) is 89.0 Å². The van der Waals surface area contributed by atoms with Crippen molar-refractivity contribution >= 4 is 21.5 Å². The fraction of sp³-hybridized carbons (Fsp3) is 0.333. The van der Waals surface area contributed by atoms with Crippen molar-refractivity contribution in [1.82, 2.24) is 0 Å². The number of rotatable bonds is 2. The summed E-state index contributed by atoms with van der Waals surface area (Å²) < 4.78 is 0. The summed E-state index contributed by atoms with van der Waals surface area (Å²) in [5, 5.41) is 5.42. The Morgan fingerprint density at radius 2 is 0.955 bits per heavy atom. The zero-order valence-corrected chi connectivity index (χ0v) is 14.3. The molecule has 3 aromatic rings. The molecule has 1 nitrogen and oxygen atoms in total. The Bertz CT molecular complexity index is 745. The van der Waals surface area contributed by atoms with Crippen LogP contribution in [0.15, 0.2) is 24.3 Å². The molecular formula is C21H25N. The van der Waals surface area contributed by atoms with Crippen molar-refractivity contribution in [3.05, 3.63) is 57.6 Å². The zero-order valence-electron chi connectivity index (χ0n) is 14.3. The largest absolute Gasteiger partial charge is 0.326 e. The lowest BCUT2D eigenvalue weighted by molar-refractivity contribution is 1.09. The van der Waals surface area contributed by atoms with Gasteiger partial charge in [0.15, 0.2) is 0 Å². The first-order valence-corrected chi connectivity index (χ1v) is 8.13. The molecule has 0 aliphatic carbocycles. The molecule has 0 aliphatic heterocycles. The van der Waals surface area contributed by atoms with Gasteiger partial charge in [0, 0.05) is 6.54 Å². The molecule has 0 saturated carbocycles. The SMILES string of the molecule is CCc1c2cc(C)c(C)cc2c(CN)c2cc(C)c(C)cc12. The van der Waals surface area contributed by atoms with Crippen molar-refractivity contribution in [3.63, 3.8) is 0 Å². The Morgan fingerprint density at radius 1 is 0.636 bits per heavy atom. The van der Waals surface area contributed by atoms with E-state index in [-0.39, 0.29) is 0 Å². The molecule has 0 amide bonds. The van der Waals surface area contributed by atoms with Crippen LogP contribution in [0.3, 0.4) is 0 Å². The average Bonchev–Trinajstić information content (AvgIpc) is 2.48. The van der Waals surface area contributed by atoms with E-state index in [0.717, 1.165) is 6.42 Å². The van der Waals surface area contributed by atoms with Gasteiger partial charge < -0.3 is 5.73 Å². The lowest BCUT2D eigenvalue weighted by Gasteiger charge is -2.18. The van der Waals surface area contributed by atoms with E-state index in [1.165, 1.54) is 54.9 Å². The monoisotopic (exact) mass is 291 g/mol. The van der Waals surface area contributed by atoms with Crippen LogP contribution in [-0.4, -0.2) is 0 Å². The number of hydrogen-bond acceptors (Lipinski definition) is 1. The lowest BCUT2D eigenvalue weighted by atomic mass is 9.87. The highest BCUT2D eigenvalue weighted by atomic mass is 14.5. The van der Waals surface area contributed by atoms with E-state index in [4.69, 9.17) is 5.73 Å². The van der Waals surface area contributed by atoms with Crippen molar-refractivity contribution in [2.75, 3.05) is 0 Å². The zero-order chi connectivity index (χ0) is 16.0. The number of aryl methyl sites for hydroxylation is 5. The van der Waals surface area contributed by atoms with Crippen LogP contribution in [0, 0.1) is 27.7 Å². The van der Waals surface area contributed by atoms with Crippen LogP contribution in [0.1, 0.15) is 40.3 Å². The molecule has 0 heterocycles. The Hall–Kier alpha value is -1.86. The molecule has 0 spiro atoms. The number of nitrogens with two attached hydrogens (primary N) is 1. The van der Waals surface area contributed by atoms with Crippen molar-refractivity contribution in [2.45, 2.75) is 47.6 Å². The fourth-order valence-corrected chi connectivity index (χ4v) is 3.52. The van der Waals surface area contributed by atoms with Gasteiger partial charge in [0.25, 0.3) is 0 Å². The van der Waals surface area contributed by atoms with Crippen molar-refractivity contribution in [3.8, 4) is 0 Å². The smallest absolute Gasteiger partial charge is 0.0190 e. The van der Waals surface area contributed by atoms with E-state index in [0.29, 0.717) is 6.54 Å². The molecule has 0 aromatic heterocycles. The van der Waals surface area contributed by atoms with Gasteiger partial charge in [-0.2, -0.15) is 0 Å². The maximum absolute atomic E-state index is 6.15. The van der Waals surface area contributed by atoms with Crippen molar-refractivity contribution in [2.24, 2.45) is 5.73 Å². The minimum absolute atomic E-state index is 0.585. The number of fused-ring (bicyclic) bond motifs is 2. The average molecular weight is 291 g/mol. The van der Waals surface area contributed by atoms with Crippen LogP contribution >= 0.6 is 0 Å². The second-order valence-corrected chi connectivity index (χ2v) is 6.48. The first-order valence-electron chi connectivity index (χ1n) is 8.13.